The van der Waals surface area contributed by atoms with Crippen molar-refractivity contribution in [3.8, 4) is 0 Å². The molecule has 1 heteroatoms. The average molecular weight is 286 g/mol. The highest BCUT2D eigenvalue weighted by Gasteiger charge is 2.22. The fourth-order valence-electron chi connectivity index (χ4n) is 3.21. The molecule has 1 N–H and O–H groups in total. The van der Waals surface area contributed by atoms with Crippen molar-refractivity contribution < 1.29 is 5.11 Å². The minimum Gasteiger partial charge on any atom is -0.386 e. The minimum absolute atomic E-state index is 0.602. The molecule has 0 amide bonds. The first kappa shape index (κ1) is 16.3. The van der Waals surface area contributed by atoms with Crippen LogP contribution in [-0.2, 0) is 0 Å². The van der Waals surface area contributed by atoms with Gasteiger partial charge in [-0.15, -0.1) is 0 Å². The standard InChI is InChI=1S/C20H30O/c21-20(18-15-19-13-9-8-10-14-19)16-11-6-4-2-1-3-5-7-12-17-20/h8-10,13-15,18,21H,1-7,11-12,16-17H2/b18-15+. The van der Waals surface area contributed by atoms with Gasteiger partial charge in [-0.1, -0.05) is 100 Å². The first-order valence-electron chi connectivity index (χ1n) is 8.75. The summed E-state index contributed by atoms with van der Waals surface area (Å²) < 4.78 is 0. The highest BCUT2D eigenvalue weighted by atomic mass is 16.3. The first-order chi connectivity index (χ1) is 10.3. The summed E-state index contributed by atoms with van der Waals surface area (Å²) in [4.78, 5) is 0. The monoisotopic (exact) mass is 286 g/mol. The van der Waals surface area contributed by atoms with Gasteiger partial charge in [-0.05, 0) is 18.4 Å². The summed E-state index contributed by atoms with van der Waals surface area (Å²) in [5.41, 5.74) is 0.576. The molecule has 116 valence electrons. The third-order valence-electron chi connectivity index (χ3n) is 4.60. The van der Waals surface area contributed by atoms with Crippen molar-refractivity contribution in [1.82, 2.24) is 0 Å². The second-order valence-electron chi connectivity index (χ2n) is 6.53. The van der Waals surface area contributed by atoms with E-state index < -0.39 is 5.60 Å². The van der Waals surface area contributed by atoms with Gasteiger partial charge in [0, 0.05) is 0 Å². The van der Waals surface area contributed by atoms with E-state index in [1.165, 1.54) is 50.5 Å². The fraction of sp³-hybridized carbons (Fsp3) is 0.600. The van der Waals surface area contributed by atoms with E-state index >= 15 is 0 Å². The summed E-state index contributed by atoms with van der Waals surface area (Å²) in [6, 6.07) is 10.3. The SMILES string of the molecule is OC1(/C=C/c2ccccc2)CCCCCCCCCCC1. The molecule has 0 bridgehead atoms. The second-order valence-corrected chi connectivity index (χ2v) is 6.53. The van der Waals surface area contributed by atoms with Gasteiger partial charge < -0.3 is 5.11 Å². The Morgan fingerprint density at radius 2 is 1.19 bits per heavy atom. The molecule has 0 aromatic heterocycles. The van der Waals surface area contributed by atoms with E-state index in [0.717, 1.165) is 25.7 Å². The summed E-state index contributed by atoms with van der Waals surface area (Å²) in [6.45, 7) is 0. The van der Waals surface area contributed by atoms with Gasteiger partial charge in [0.1, 0.15) is 0 Å². The van der Waals surface area contributed by atoms with Crippen molar-refractivity contribution >= 4 is 6.08 Å². The Kier molecular flexibility index (Phi) is 7.02. The Labute approximate surface area is 130 Å². The highest BCUT2D eigenvalue weighted by molar-refractivity contribution is 5.50. The molecule has 1 fully saturated rings. The van der Waals surface area contributed by atoms with Gasteiger partial charge in [-0.2, -0.15) is 0 Å². The molecule has 0 atom stereocenters. The van der Waals surface area contributed by atoms with Gasteiger partial charge in [-0.3, -0.25) is 0 Å². The Balaban J connectivity index is 1.95. The maximum atomic E-state index is 10.9. The molecule has 0 saturated heterocycles. The van der Waals surface area contributed by atoms with Crippen LogP contribution in [0.3, 0.4) is 0 Å². The van der Waals surface area contributed by atoms with Crippen LogP contribution in [0.15, 0.2) is 36.4 Å². The van der Waals surface area contributed by atoms with Gasteiger partial charge in [0.25, 0.3) is 0 Å². The molecule has 1 aromatic carbocycles. The van der Waals surface area contributed by atoms with Crippen molar-refractivity contribution in [3.05, 3.63) is 42.0 Å². The summed E-state index contributed by atoms with van der Waals surface area (Å²) in [6.07, 6.45) is 17.6. The Morgan fingerprint density at radius 1 is 0.714 bits per heavy atom. The zero-order chi connectivity index (χ0) is 14.8. The summed E-state index contributed by atoms with van der Waals surface area (Å²) in [5.74, 6) is 0. The number of hydrogen-bond donors (Lipinski definition) is 1. The number of rotatable bonds is 2. The Bertz CT molecular complexity index is 395. The lowest BCUT2D eigenvalue weighted by atomic mass is 9.88. The van der Waals surface area contributed by atoms with Gasteiger partial charge in [0.05, 0.1) is 5.60 Å². The minimum atomic E-state index is -0.602. The van der Waals surface area contributed by atoms with Crippen LogP contribution >= 0.6 is 0 Å². The van der Waals surface area contributed by atoms with Gasteiger partial charge >= 0.3 is 0 Å². The average Bonchev–Trinajstić information content (AvgIpc) is 2.50. The number of hydrogen-bond acceptors (Lipinski definition) is 1. The van der Waals surface area contributed by atoms with Crippen LogP contribution in [0.4, 0.5) is 0 Å². The molecule has 1 saturated carbocycles. The van der Waals surface area contributed by atoms with Crippen LogP contribution in [0.5, 0.6) is 0 Å². The van der Waals surface area contributed by atoms with E-state index in [-0.39, 0.29) is 0 Å². The first-order valence-corrected chi connectivity index (χ1v) is 8.75. The predicted octanol–water partition coefficient (Wildman–Crippen LogP) is 5.74. The Morgan fingerprint density at radius 3 is 1.71 bits per heavy atom. The van der Waals surface area contributed by atoms with Crippen molar-refractivity contribution in [1.29, 1.82) is 0 Å². The molecule has 0 radical (unpaired) electrons. The van der Waals surface area contributed by atoms with Crippen LogP contribution in [-0.4, -0.2) is 10.7 Å². The van der Waals surface area contributed by atoms with Crippen LogP contribution in [0.1, 0.15) is 76.2 Å². The van der Waals surface area contributed by atoms with E-state index in [1.807, 2.05) is 24.3 Å². The van der Waals surface area contributed by atoms with E-state index in [0.29, 0.717) is 0 Å². The third-order valence-corrected chi connectivity index (χ3v) is 4.60. The maximum absolute atomic E-state index is 10.9. The topological polar surface area (TPSA) is 20.2 Å². The molecule has 0 heterocycles. The van der Waals surface area contributed by atoms with Crippen molar-refractivity contribution in [3.63, 3.8) is 0 Å². The van der Waals surface area contributed by atoms with Gasteiger partial charge in [-0.25, -0.2) is 0 Å². The molecule has 1 nitrogen and oxygen atoms in total. The van der Waals surface area contributed by atoms with E-state index in [9.17, 15) is 5.11 Å². The molecule has 1 aliphatic rings. The smallest absolute Gasteiger partial charge is 0.0830 e. The summed E-state index contributed by atoms with van der Waals surface area (Å²) in [5, 5.41) is 10.9. The number of benzene rings is 1. The third kappa shape index (κ3) is 6.48. The molecule has 1 aliphatic carbocycles. The normalized spacial score (nSPS) is 21.6. The molecule has 0 spiro atoms. The molecule has 0 aliphatic heterocycles. The van der Waals surface area contributed by atoms with E-state index in [2.05, 4.69) is 18.2 Å². The fourth-order valence-corrected chi connectivity index (χ4v) is 3.21. The van der Waals surface area contributed by atoms with E-state index in [4.69, 9.17) is 0 Å². The van der Waals surface area contributed by atoms with Crippen molar-refractivity contribution in [2.75, 3.05) is 0 Å². The lowest BCUT2D eigenvalue weighted by Crippen LogP contribution is -2.25. The molecular formula is C20H30O. The van der Waals surface area contributed by atoms with Gasteiger partial charge in [0.15, 0.2) is 0 Å². The lowest BCUT2D eigenvalue weighted by molar-refractivity contribution is 0.0667. The quantitative estimate of drug-likeness (QED) is 0.735. The zero-order valence-electron chi connectivity index (χ0n) is 13.3. The molecule has 21 heavy (non-hydrogen) atoms. The molecular weight excluding hydrogens is 256 g/mol. The van der Waals surface area contributed by atoms with Crippen molar-refractivity contribution in [2.45, 2.75) is 76.2 Å². The van der Waals surface area contributed by atoms with Crippen LogP contribution in [0.25, 0.3) is 6.08 Å². The zero-order valence-corrected chi connectivity index (χ0v) is 13.3. The Hall–Kier alpha value is -1.08. The van der Waals surface area contributed by atoms with Crippen LogP contribution in [0, 0.1) is 0 Å². The van der Waals surface area contributed by atoms with Gasteiger partial charge in [0.2, 0.25) is 0 Å². The van der Waals surface area contributed by atoms with Crippen LogP contribution in [0.2, 0.25) is 0 Å². The highest BCUT2D eigenvalue weighted by Crippen LogP contribution is 2.26. The number of aliphatic hydroxyl groups is 1. The predicted molar refractivity (Wildman–Crippen MR) is 91.2 cm³/mol. The molecule has 0 unspecified atom stereocenters. The van der Waals surface area contributed by atoms with E-state index in [1.54, 1.807) is 0 Å². The molecule has 1 aromatic rings. The molecule has 2 rings (SSSR count). The summed E-state index contributed by atoms with van der Waals surface area (Å²) >= 11 is 0. The summed E-state index contributed by atoms with van der Waals surface area (Å²) in [7, 11) is 0. The van der Waals surface area contributed by atoms with Crippen LogP contribution < -0.4 is 0 Å². The largest absolute Gasteiger partial charge is 0.386 e. The second kappa shape index (κ2) is 9.04. The lowest BCUT2D eigenvalue weighted by Gasteiger charge is -2.25. The van der Waals surface area contributed by atoms with Crippen molar-refractivity contribution in [2.24, 2.45) is 0 Å². The maximum Gasteiger partial charge on any atom is 0.0830 e.